The molecule has 0 saturated carbocycles. The topological polar surface area (TPSA) is 54.9 Å². The van der Waals surface area contributed by atoms with Gasteiger partial charge in [0.15, 0.2) is 17.5 Å². The molecule has 0 spiro atoms. The van der Waals surface area contributed by atoms with Gasteiger partial charge in [-0.05, 0) is 30.7 Å². The first-order chi connectivity index (χ1) is 11.8. The molecule has 0 radical (unpaired) electrons. The maximum Gasteiger partial charge on any atom is 0.191 e. The number of aliphatic imine (C=N–C) groups is 1. The van der Waals surface area contributed by atoms with Crippen LogP contribution in [0, 0.1) is 0 Å². The minimum absolute atomic E-state index is 0.0353. The minimum atomic E-state index is -0.0353. The van der Waals surface area contributed by atoms with Crippen molar-refractivity contribution in [3.8, 4) is 11.5 Å². The van der Waals surface area contributed by atoms with Gasteiger partial charge in [-0.25, -0.2) is 0 Å². The Hall–Kier alpha value is -2.21. The average molecular weight is 345 g/mol. The van der Waals surface area contributed by atoms with Gasteiger partial charge in [0, 0.05) is 16.8 Å². The number of rotatable bonds is 5. The summed E-state index contributed by atoms with van der Waals surface area (Å²) >= 11 is 1.83. The van der Waals surface area contributed by atoms with E-state index in [1.807, 2.05) is 35.6 Å². The molecule has 1 unspecified atom stereocenters. The van der Waals surface area contributed by atoms with Crippen molar-refractivity contribution in [1.82, 2.24) is 10.6 Å². The van der Waals surface area contributed by atoms with Gasteiger partial charge in [-0.3, -0.25) is 4.99 Å². The highest BCUT2D eigenvalue weighted by Gasteiger charge is 2.20. The Bertz CT molecular complexity index is 699. The van der Waals surface area contributed by atoms with E-state index in [-0.39, 0.29) is 6.10 Å². The van der Waals surface area contributed by atoms with Crippen molar-refractivity contribution in [1.29, 1.82) is 0 Å². The van der Waals surface area contributed by atoms with E-state index in [0.717, 1.165) is 30.4 Å². The lowest BCUT2D eigenvalue weighted by Gasteiger charge is -2.27. The summed E-state index contributed by atoms with van der Waals surface area (Å²) in [5.41, 5.74) is 0. The number of para-hydroxylation sites is 2. The Morgan fingerprint density at radius 1 is 1.17 bits per heavy atom. The molecule has 2 aromatic rings. The first kappa shape index (κ1) is 16.6. The summed E-state index contributed by atoms with van der Waals surface area (Å²) in [6.07, 6.45) is 1.05. The molecule has 1 aliphatic heterocycles. The molecule has 1 atom stereocenters. The quantitative estimate of drug-likeness (QED) is 0.646. The van der Waals surface area contributed by atoms with E-state index in [9.17, 15) is 0 Å². The van der Waals surface area contributed by atoms with Crippen LogP contribution in [0.25, 0.3) is 0 Å². The standard InChI is InChI=1S/C18H23N3O2S/c1-3-14-8-9-15(24-14)11-21-18(19-2)20-10-13-12-22-16-6-4-5-7-17(16)23-13/h4-9,13H,3,10-12H2,1-2H3,(H2,19,20,21). The minimum Gasteiger partial charge on any atom is -0.486 e. The van der Waals surface area contributed by atoms with Crippen LogP contribution in [-0.2, 0) is 13.0 Å². The molecule has 1 aliphatic rings. The van der Waals surface area contributed by atoms with E-state index in [1.54, 1.807) is 7.05 Å². The monoisotopic (exact) mass is 345 g/mol. The van der Waals surface area contributed by atoms with Crippen molar-refractivity contribution >= 4 is 17.3 Å². The van der Waals surface area contributed by atoms with Gasteiger partial charge in [0.2, 0.25) is 0 Å². The van der Waals surface area contributed by atoms with Gasteiger partial charge in [-0.1, -0.05) is 19.1 Å². The molecule has 6 heteroatoms. The zero-order chi connectivity index (χ0) is 16.8. The molecular weight excluding hydrogens is 322 g/mol. The number of nitrogens with zero attached hydrogens (tertiary/aromatic N) is 1. The molecule has 2 heterocycles. The Morgan fingerprint density at radius 3 is 2.71 bits per heavy atom. The third-order valence-electron chi connectivity index (χ3n) is 3.78. The number of ether oxygens (including phenoxy) is 2. The highest BCUT2D eigenvalue weighted by molar-refractivity contribution is 7.11. The van der Waals surface area contributed by atoms with Crippen molar-refractivity contribution in [2.24, 2.45) is 4.99 Å². The molecule has 3 rings (SSSR count). The zero-order valence-electron chi connectivity index (χ0n) is 14.0. The molecule has 0 saturated heterocycles. The Labute approximate surface area is 146 Å². The fourth-order valence-corrected chi connectivity index (χ4v) is 3.37. The van der Waals surface area contributed by atoms with Crippen LogP contribution < -0.4 is 20.1 Å². The molecular formula is C18H23N3O2S. The second kappa shape index (κ2) is 8.06. The Morgan fingerprint density at radius 2 is 1.96 bits per heavy atom. The molecule has 5 nitrogen and oxygen atoms in total. The van der Waals surface area contributed by atoms with Gasteiger partial charge < -0.3 is 20.1 Å². The van der Waals surface area contributed by atoms with Gasteiger partial charge in [-0.2, -0.15) is 0 Å². The van der Waals surface area contributed by atoms with E-state index < -0.39 is 0 Å². The first-order valence-electron chi connectivity index (χ1n) is 8.19. The third-order valence-corrected chi connectivity index (χ3v) is 5.01. The van der Waals surface area contributed by atoms with Crippen molar-refractivity contribution in [2.75, 3.05) is 20.2 Å². The highest BCUT2D eigenvalue weighted by Crippen LogP contribution is 2.30. The molecule has 2 N–H and O–H groups in total. The number of hydrogen-bond donors (Lipinski definition) is 2. The van der Waals surface area contributed by atoms with Crippen LogP contribution in [0.2, 0.25) is 0 Å². The number of guanidine groups is 1. The maximum absolute atomic E-state index is 5.94. The van der Waals surface area contributed by atoms with E-state index >= 15 is 0 Å². The summed E-state index contributed by atoms with van der Waals surface area (Å²) in [6.45, 7) is 4.12. The van der Waals surface area contributed by atoms with Crippen LogP contribution in [0.15, 0.2) is 41.4 Å². The van der Waals surface area contributed by atoms with Crippen molar-refractivity contribution in [2.45, 2.75) is 26.0 Å². The molecule has 24 heavy (non-hydrogen) atoms. The van der Waals surface area contributed by atoms with E-state index in [0.29, 0.717) is 13.2 Å². The SMILES string of the molecule is CCc1ccc(CNC(=NC)NCC2COc3ccccc3O2)s1. The summed E-state index contributed by atoms with van der Waals surface area (Å²) in [5.74, 6) is 2.37. The van der Waals surface area contributed by atoms with Crippen LogP contribution in [0.5, 0.6) is 11.5 Å². The van der Waals surface area contributed by atoms with E-state index in [1.165, 1.54) is 9.75 Å². The summed E-state index contributed by atoms with van der Waals surface area (Å²) in [7, 11) is 1.77. The summed E-state index contributed by atoms with van der Waals surface area (Å²) < 4.78 is 11.7. The number of thiophene rings is 1. The largest absolute Gasteiger partial charge is 0.486 e. The molecule has 1 aromatic heterocycles. The fourth-order valence-electron chi connectivity index (χ4n) is 2.47. The lowest BCUT2D eigenvalue weighted by atomic mass is 10.2. The number of aryl methyl sites for hydroxylation is 1. The predicted octanol–water partition coefficient (Wildman–Crippen LogP) is 2.82. The fraction of sp³-hybridized carbons (Fsp3) is 0.389. The van der Waals surface area contributed by atoms with E-state index in [2.05, 4.69) is 34.7 Å². The summed E-state index contributed by atoms with van der Waals surface area (Å²) in [4.78, 5) is 6.97. The second-order valence-electron chi connectivity index (χ2n) is 5.53. The van der Waals surface area contributed by atoms with Crippen LogP contribution >= 0.6 is 11.3 Å². The van der Waals surface area contributed by atoms with Gasteiger partial charge in [0.25, 0.3) is 0 Å². The number of hydrogen-bond acceptors (Lipinski definition) is 4. The van der Waals surface area contributed by atoms with Crippen molar-refractivity contribution in [3.05, 3.63) is 46.2 Å². The first-order valence-corrected chi connectivity index (χ1v) is 9.00. The number of benzene rings is 1. The molecule has 0 aliphatic carbocycles. The third kappa shape index (κ3) is 4.20. The van der Waals surface area contributed by atoms with E-state index in [4.69, 9.17) is 9.47 Å². The van der Waals surface area contributed by atoms with Gasteiger partial charge in [-0.15, -0.1) is 11.3 Å². The molecule has 128 valence electrons. The van der Waals surface area contributed by atoms with Crippen molar-refractivity contribution < 1.29 is 9.47 Å². The average Bonchev–Trinajstić information content (AvgIpc) is 3.10. The van der Waals surface area contributed by atoms with Crippen LogP contribution in [-0.4, -0.2) is 32.3 Å². The van der Waals surface area contributed by atoms with Gasteiger partial charge in [0.1, 0.15) is 12.7 Å². The summed E-state index contributed by atoms with van der Waals surface area (Å²) in [6, 6.07) is 12.1. The summed E-state index contributed by atoms with van der Waals surface area (Å²) in [5, 5.41) is 6.63. The zero-order valence-corrected chi connectivity index (χ0v) is 14.9. The Kier molecular flexibility index (Phi) is 5.59. The highest BCUT2D eigenvalue weighted by atomic mass is 32.1. The van der Waals surface area contributed by atoms with Gasteiger partial charge >= 0.3 is 0 Å². The molecule has 1 aromatic carbocycles. The van der Waals surface area contributed by atoms with Crippen molar-refractivity contribution in [3.63, 3.8) is 0 Å². The molecule has 0 bridgehead atoms. The van der Waals surface area contributed by atoms with Crippen LogP contribution in [0.3, 0.4) is 0 Å². The second-order valence-corrected chi connectivity index (χ2v) is 6.78. The lowest BCUT2D eigenvalue weighted by Crippen LogP contribution is -2.45. The Balaban J connectivity index is 1.46. The normalized spacial score (nSPS) is 16.8. The predicted molar refractivity (Wildman–Crippen MR) is 98.3 cm³/mol. The molecule has 0 fully saturated rings. The lowest BCUT2D eigenvalue weighted by molar-refractivity contribution is 0.0936. The number of nitrogens with one attached hydrogen (secondary N) is 2. The van der Waals surface area contributed by atoms with Crippen LogP contribution in [0.4, 0.5) is 0 Å². The number of fused-ring (bicyclic) bond motifs is 1. The smallest absolute Gasteiger partial charge is 0.191 e. The van der Waals surface area contributed by atoms with Gasteiger partial charge in [0.05, 0.1) is 13.1 Å². The maximum atomic E-state index is 5.94. The molecule has 0 amide bonds. The van der Waals surface area contributed by atoms with Crippen LogP contribution in [0.1, 0.15) is 16.7 Å².